The lowest BCUT2D eigenvalue weighted by Crippen LogP contribution is -2.33. The normalized spacial score (nSPS) is 10.3. The summed E-state index contributed by atoms with van der Waals surface area (Å²) in [6, 6.07) is 12.8. The first-order valence-electron chi connectivity index (χ1n) is 9.03. The fourth-order valence-electron chi connectivity index (χ4n) is 2.86. The number of nitrogens with zero attached hydrogens (tertiary/aromatic N) is 3. The van der Waals surface area contributed by atoms with Crippen LogP contribution < -0.4 is 10.6 Å². The van der Waals surface area contributed by atoms with E-state index in [1.54, 1.807) is 31.2 Å². The molecule has 2 amide bonds. The number of carbonyl (C=O) groups excluding carboxylic acids is 2. The molecular weight excluding hydrogens is 366 g/mol. The third-order valence-electron chi connectivity index (χ3n) is 4.29. The molecule has 0 bridgehead atoms. The zero-order valence-electron chi connectivity index (χ0n) is 16.5. The van der Waals surface area contributed by atoms with Gasteiger partial charge in [0.25, 0.3) is 5.91 Å². The molecule has 7 heteroatoms. The van der Waals surface area contributed by atoms with Gasteiger partial charge in [-0.2, -0.15) is 9.90 Å². The highest BCUT2D eigenvalue weighted by molar-refractivity contribution is 5.98. The number of aromatic nitrogens is 3. The van der Waals surface area contributed by atoms with Crippen LogP contribution >= 0.6 is 0 Å². The summed E-state index contributed by atoms with van der Waals surface area (Å²) in [7, 11) is 0. The van der Waals surface area contributed by atoms with E-state index in [4.69, 9.17) is 6.42 Å². The smallest absolute Gasteiger partial charge is 0.274 e. The zero-order chi connectivity index (χ0) is 21.0. The molecule has 0 aliphatic rings. The van der Waals surface area contributed by atoms with Gasteiger partial charge in [-0.15, -0.1) is 11.5 Å². The molecule has 3 aromatic rings. The Labute approximate surface area is 169 Å². The minimum Gasteiger partial charge on any atom is -0.342 e. The molecule has 0 radical (unpaired) electrons. The molecule has 0 spiro atoms. The van der Waals surface area contributed by atoms with Crippen molar-refractivity contribution in [2.45, 2.75) is 20.8 Å². The first-order valence-corrected chi connectivity index (χ1v) is 9.03. The molecule has 0 aliphatic carbocycles. The highest BCUT2D eigenvalue weighted by Gasteiger charge is 2.18. The summed E-state index contributed by atoms with van der Waals surface area (Å²) in [6.07, 6.45) is 5.35. The lowest BCUT2D eigenvalue weighted by atomic mass is 10.1. The predicted molar refractivity (Wildman–Crippen MR) is 111 cm³/mol. The van der Waals surface area contributed by atoms with Crippen molar-refractivity contribution >= 4 is 17.5 Å². The Balaban J connectivity index is 1.66. The van der Waals surface area contributed by atoms with Crippen molar-refractivity contribution in [3.05, 3.63) is 70.5 Å². The van der Waals surface area contributed by atoms with E-state index >= 15 is 0 Å². The van der Waals surface area contributed by atoms with Gasteiger partial charge in [0.05, 0.1) is 17.9 Å². The molecule has 3 rings (SSSR count). The Hall–Kier alpha value is -3.92. The van der Waals surface area contributed by atoms with Crippen LogP contribution in [0, 0.1) is 33.1 Å². The van der Waals surface area contributed by atoms with Crippen molar-refractivity contribution in [3.63, 3.8) is 0 Å². The molecule has 2 aromatic carbocycles. The molecule has 0 saturated heterocycles. The lowest BCUT2D eigenvalue weighted by molar-refractivity contribution is -0.115. The van der Waals surface area contributed by atoms with Crippen LogP contribution in [0.15, 0.2) is 42.5 Å². The summed E-state index contributed by atoms with van der Waals surface area (Å²) in [4.78, 5) is 26.0. The highest BCUT2D eigenvalue weighted by Crippen LogP contribution is 2.15. The van der Waals surface area contributed by atoms with Gasteiger partial charge in [-0.25, -0.2) is 0 Å². The standard InChI is InChI=1S/C22H21N5O2/c1-5-17-7-6-8-18(12-17)24-20(28)13-23-22(29)21-16(4)25-27(26-21)19-10-9-14(2)11-15(19)3/h1,6-12H,13H2,2-4H3,(H,23,29)(H,24,28). The maximum Gasteiger partial charge on any atom is 0.274 e. The molecule has 0 unspecified atom stereocenters. The molecule has 0 saturated carbocycles. The molecule has 146 valence electrons. The van der Waals surface area contributed by atoms with Crippen LogP contribution in [0.5, 0.6) is 0 Å². The van der Waals surface area contributed by atoms with Crippen molar-refractivity contribution in [1.29, 1.82) is 0 Å². The fourth-order valence-corrected chi connectivity index (χ4v) is 2.86. The summed E-state index contributed by atoms with van der Waals surface area (Å²) in [5.74, 6) is 1.67. The van der Waals surface area contributed by atoms with Crippen LogP contribution in [0.1, 0.15) is 32.9 Å². The zero-order valence-corrected chi connectivity index (χ0v) is 16.5. The Bertz CT molecular complexity index is 1120. The number of aryl methyl sites for hydroxylation is 3. The van der Waals surface area contributed by atoms with Gasteiger partial charge in [0.1, 0.15) is 0 Å². The van der Waals surface area contributed by atoms with Crippen LogP contribution in [0.2, 0.25) is 0 Å². The van der Waals surface area contributed by atoms with E-state index in [1.165, 1.54) is 4.80 Å². The molecule has 0 aliphatic heterocycles. The van der Waals surface area contributed by atoms with E-state index < -0.39 is 5.91 Å². The summed E-state index contributed by atoms with van der Waals surface area (Å²) < 4.78 is 0. The number of hydrogen-bond acceptors (Lipinski definition) is 4. The van der Waals surface area contributed by atoms with Gasteiger partial charge in [-0.3, -0.25) is 9.59 Å². The second-order valence-electron chi connectivity index (χ2n) is 6.67. The van der Waals surface area contributed by atoms with Crippen molar-refractivity contribution < 1.29 is 9.59 Å². The lowest BCUT2D eigenvalue weighted by Gasteiger charge is -2.07. The van der Waals surface area contributed by atoms with E-state index in [0.717, 1.165) is 16.8 Å². The molecule has 29 heavy (non-hydrogen) atoms. The van der Waals surface area contributed by atoms with Crippen molar-refractivity contribution in [2.75, 3.05) is 11.9 Å². The predicted octanol–water partition coefficient (Wildman–Crippen LogP) is 2.54. The number of terminal acetylenes is 1. The number of amides is 2. The van der Waals surface area contributed by atoms with Gasteiger partial charge in [0.2, 0.25) is 5.91 Å². The minimum absolute atomic E-state index is 0.173. The first kappa shape index (κ1) is 19.8. The van der Waals surface area contributed by atoms with Crippen LogP contribution in [0.4, 0.5) is 5.69 Å². The van der Waals surface area contributed by atoms with Gasteiger partial charge in [0.15, 0.2) is 5.69 Å². The number of carbonyl (C=O) groups is 2. The Kier molecular flexibility index (Phi) is 5.74. The molecular formula is C22H21N5O2. The Morgan fingerprint density at radius 3 is 2.62 bits per heavy atom. The summed E-state index contributed by atoms with van der Waals surface area (Å²) in [5, 5.41) is 13.9. The first-order chi connectivity index (χ1) is 13.9. The summed E-state index contributed by atoms with van der Waals surface area (Å²) in [6.45, 7) is 5.47. The third kappa shape index (κ3) is 4.68. The largest absolute Gasteiger partial charge is 0.342 e. The van der Waals surface area contributed by atoms with E-state index in [-0.39, 0.29) is 18.1 Å². The van der Waals surface area contributed by atoms with Gasteiger partial charge in [0, 0.05) is 11.3 Å². The molecule has 0 fully saturated rings. The number of rotatable bonds is 5. The van der Waals surface area contributed by atoms with Crippen LogP contribution in [-0.2, 0) is 4.79 Å². The maximum absolute atomic E-state index is 12.5. The molecule has 0 atom stereocenters. The van der Waals surface area contributed by atoms with Crippen LogP contribution in [-0.4, -0.2) is 33.4 Å². The fraction of sp³-hybridized carbons (Fsp3) is 0.182. The molecule has 7 nitrogen and oxygen atoms in total. The minimum atomic E-state index is -0.467. The number of hydrogen-bond donors (Lipinski definition) is 2. The Morgan fingerprint density at radius 1 is 1.10 bits per heavy atom. The van der Waals surface area contributed by atoms with Crippen LogP contribution in [0.3, 0.4) is 0 Å². The highest BCUT2D eigenvalue weighted by atomic mass is 16.2. The second kappa shape index (κ2) is 8.40. The average Bonchev–Trinajstić information content (AvgIpc) is 3.07. The van der Waals surface area contributed by atoms with E-state index in [1.807, 2.05) is 32.0 Å². The topological polar surface area (TPSA) is 88.9 Å². The van der Waals surface area contributed by atoms with E-state index in [0.29, 0.717) is 16.9 Å². The monoisotopic (exact) mass is 387 g/mol. The van der Waals surface area contributed by atoms with Crippen molar-refractivity contribution in [2.24, 2.45) is 0 Å². The van der Waals surface area contributed by atoms with E-state index in [9.17, 15) is 9.59 Å². The molecule has 1 heterocycles. The van der Waals surface area contributed by atoms with Gasteiger partial charge in [-0.05, 0) is 50.6 Å². The number of benzene rings is 2. The van der Waals surface area contributed by atoms with Crippen molar-refractivity contribution in [1.82, 2.24) is 20.3 Å². The Morgan fingerprint density at radius 2 is 1.90 bits per heavy atom. The molecule has 2 N–H and O–H groups in total. The second-order valence-corrected chi connectivity index (χ2v) is 6.67. The number of anilines is 1. The SMILES string of the molecule is C#Cc1cccc(NC(=O)CNC(=O)c2nn(-c3ccc(C)cc3C)nc2C)c1. The summed E-state index contributed by atoms with van der Waals surface area (Å²) >= 11 is 0. The quantitative estimate of drug-likeness (QED) is 0.659. The van der Waals surface area contributed by atoms with E-state index in [2.05, 4.69) is 26.8 Å². The van der Waals surface area contributed by atoms with Gasteiger partial charge < -0.3 is 10.6 Å². The van der Waals surface area contributed by atoms with Crippen molar-refractivity contribution in [3.8, 4) is 18.0 Å². The molecule has 1 aromatic heterocycles. The maximum atomic E-state index is 12.5. The van der Waals surface area contributed by atoms with Gasteiger partial charge in [-0.1, -0.05) is 29.7 Å². The van der Waals surface area contributed by atoms with Gasteiger partial charge >= 0.3 is 0 Å². The third-order valence-corrected chi connectivity index (χ3v) is 4.29. The average molecular weight is 387 g/mol. The summed E-state index contributed by atoms with van der Waals surface area (Å²) in [5.41, 5.74) is 4.80. The van der Waals surface area contributed by atoms with Crippen LogP contribution in [0.25, 0.3) is 5.69 Å². The number of nitrogens with one attached hydrogen (secondary N) is 2.